The van der Waals surface area contributed by atoms with Crippen LogP contribution in [0, 0.1) is 0 Å². The van der Waals surface area contributed by atoms with Crippen LogP contribution in [0.3, 0.4) is 0 Å². The Kier molecular flexibility index (Phi) is 8.74. The number of nitrogens with zero attached hydrogens (tertiary/aromatic N) is 3. The molecule has 0 radical (unpaired) electrons. The largest absolute Gasteiger partial charge is 0.406 e. The molecule has 0 aromatic rings. The van der Waals surface area contributed by atoms with Gasteiger partial charge < -0.3 is 15.5 Å². The van der Waals surface area contributed by atoms with E-state index in [2.05, 4.69) is 27.1 Å². The molecule has 1 fully saturated rings. The maximum atomic E-state index is 12.3. The van der Waals surface area contributed by atoms with Gasteiger partial charge in [0.1, 0.15) is 13.1 Å². The van der Waals surface area contributed by atoms with Gasteiger partial charge in [0.25, 0.3) is 0 Å². The van der Waals surface area contributed by atoms with E-state index in [4.69, 9.17) is 0 Å². The minimum atomic E-state index is -4.41. The van der Waals surface area contributed by atoms with E-state index in [1.54, 1.807) is 0 Å². The molecule has 1 amide bonds. The SMILES string of the molecule is C=CCN1CCC(NC(=NCC(=O)N(C)CC(F)(F)F)NCC)CC1. The van der Waals surface area contributed by atoms with Gasteiger partial charge in [-0.2, -0.15) is 13.2 Å². The zero-order chi connectivity index (χ0) is 18.9. The van der Waals surface area contributed by atoms with Gasteiger partial charge in [-0.1, -0.05) is 6.08 Å². The average Bonchev–Trinajstić information content (AvgIpc) is 2.53. The molecule has 0 atom stereocenters. The maximum Gasteiger partial charge on any atom is 0.406 e. The Labute approximate surface area is 147 Å². The average molecular weight is 363 g/mol. The fourth-order valence-electron chi connectivity index (χ4n) is 2.58. The number of carbonyl (C=O) groups excluding carboxylic acids is 1. The summed E-state index contributed by atoms with van der Waals surface area (Å²) < 4.78 is 37.0. The molecule has 0 saturated carbocycles. The Morgan fingerprint density at radius 3 is 2.56 bits per heavy atom. The lowest BCUT2D eigenvalue weighted by molar-refractivity contribution is -0.157. The van der Waals surface area contributed by atoms with Gasteiger partial charge in [0, 0.05) is 39.3 Å². The quantitative estimate of drug-likeness (QED) is 0.406. The van der Waals surface area contributed by atoms with E-state index in [1.807, 2.05) is 13.0 Å². The van der Waals surface area contributed by atoms with Gasteiger partial charge in [-0.15, -0.1) is 6.58 Å². The van der Waals surface area contributed by atoms with Crippen molar-refractivity contribution < 1.29 is 18.0 Å². The summed E-state index contributed by atoms with van der Waals surface area (Å²) in [6.45, 7) is 7.38. The molecular formula is C16H28F3N5O. The molecule has 1 aliphatic rings. The minimum absolute atomic E-state index is 0.224. The molecule has 1 heterocycles. The molecule has 0 spiro atoms. The summed E-state index contributed by atoms with van der Waals surface area (Å²) in [7, 11) is 1.13. The van der Waals surface area contributed by atoms with E-state index in [-0.39, 0.29) is 12.6 Å². The number of aliphatic imine (C=N–C) groups is 1. The van der Waals surface area contributed by atoms with Gasteiger partial charge in [-0.25, -0.2) is 4.99 Å². The standard InChI is InChI=1S/C16H28F3N5O/c1-4-8-24-9-6-13(7-10-24)22-15(20-5-2)21-11-14(25)23(3)12-16(17,18)19/h4,13H,1,5-12H2,2-3H3,(H2,20,21,22). The number of nitrogens with one attached hydrogen (secondary N) is 2. The third-order valence-corrected chi connectivity index (χ3v) is 3.87. The zero-order valence-corrected chi connectivity index (χ0v) is 14.9. The van der Waals surface area contributed by atoms with Crippen LogP contribution in [0.15, 0.2) is 17.6 Å². The molecule has 0 aromatic heterocycles. The van der Waals surface area contributed by atoms with E-state index >= 15 is 0 Å². The predicted molar refractivity (Wildman–Crippen MR) is 92.5 cm³/mol. The number of likely N-dealkylation sites (tertiary alicyclic amines) is 1. The van der Waals surface area contributed by atoms with Crippen molar-refractivity contribution in [2.75, 3.05) is 46.3 Å². The monoisotopic (exact) mass is 363 g/mol. The second-order valence-electron chi connectivity index (χ2n) is 6.07. The van der Waals surface area contributed by atoms with Gasteiger partial charge in [0.2, 0.25) is 5.91 Å². The maximum absolute atomic E-state index is 12.3. The second-order valence-corrected chi connectivity index (χ2v) is 6.07. The molecule has 6 nitrogen and oxygen atoms in total. The van der Waals surface area contributed by atoms with E-state index in [0.717, 1.165) is 39.5 Å². The van der Waals surface area contributed by atoms with Crippen LogP contribution in [0.4, 0.5) is 13.2 Å². The highest BCUT2D eigenvalue weighted by molar-refractivity contribution is 5.85. The van der Waals surface area contributed by atoms with Crippen LogP contribution >= 0.6 is 0 Å². The molecule has 1 saturated heterocycles. The highest BCUT2D eigenvalue weighted by Gasteiger charge is 2.31. The first-order chi connectivity index (χ1) is 11.7. The highest BCUT2D eigenvalue weighted by atomic mass is 19.4. The summed E-state index contributed by atoms with van der Waals surface area (Å²) >= 11 is 0. The number of amides is 1. The second kappa shape index (κ2) is 10.3. The number of likely N-dealkylation sites (N-methyl/N-ethyl adjacent to an activating group) is 1. The Morgan fingerprint density at radius 2 is 2.04 bits per heavy atom. The molecular weight excluding hydrogens is 335 g/mol. The smallest absolute Gasteiger partial charge is 0.357 e. The summed E-state index contributed by atoms with van der Waals surface area (Å²) in [4.78, 5) is 18.8. The number of hydrogen-bond acceptors (Lipinski definition) is 3. The van der Waals surface area contributed by atoms with E-state index < -0.39 is 18.6 Å². The third-order valence-electron chi connectivity index (χ3n) is 3.87. The fraction of sp³-hybridized carbons (Fsp3) is 0.750. The molecule has 2 N–H and O–H groups in total. The number of guanidine groups is 1. The van der Waals surface area contributed by atoms with Crippen LogP contribution in [-0.2, 0) is 4.79 Å². The van der Waals surface area contributed by atoms with Crippen molar-refractivity contribution in [3.63, 3.8) is 0 Å². The van der Waals surface area contributed by atoms with Gasteiger partial charge >= 0.3 is 6.18 Å². The molecule has 25 heavy (non-hydrogen) atoms. The van der Waals surface area contributed by atoms with Crippen LogP contribution < -0.4 is 10.6 Å². The van der Waals surface area contributed by atoms with Crippen molar-refractivity contribution in [3.8, 4) is 0 Å². The molecule has 144 valence electrons. The van der Waals surface area contributed by atoms with Crippen molar-refractivity contribution in [2.24, 2.45) is 4.99 Å². The van der Waals surface area contributed by atoms with Crippen molar-refractivity contribution in [2.45, 2.75) is 32.0 Å². The van der Waals surface area contributed by atoms with Crippen molar-refractivity contribution in [1.82, 2.24) is 20.4 Å². The highest BCUT2D eigenvalue weighted by Crippen LogP contribution is 2.15. The lowest BCUT2D eigenvalue weighted by atomic mass is 10.1. The summed E-state index contributed by atoms with van der Waals surface area (Å²) in [6.07, 6.45) is -0.668. The summed E-state index contributed by atoms with van der Waals surface area (Å²) in [5.74, 6) is -0.214. The molecule has 0 unspecified atom stereocenters. The van der Waals surface area contributed by atoms with Gasteiger partial charge in [-0.05, 0) is 19.8 Å². The van der Waals surface area contributed by atoms with Gasteiger partial charge in [-0.3, -0.25) is 9.69 Å². The molecule has 0 bridgehead atoms. The number of carbonyl (C=O) groups is 1. The first-order valence-electron chi connectivity index (χ1n) is 8.44. The normalized spacial score (nSPS) is 17.2. The Bertz CT molecular complexity index is 459. The van der Waals surface area contributed by atoms with E-state index in [1.165, 1.54) is 0 Å². The van der Waals surface area contributed by atoms with Crippen LogP contribution in [-0.4, -0.2) is 80.2 Å². The van der Waals surface area contributed by atoms with Gasteiger partial charge in [0.15, 0.2) is 5.96 Å². The Morgan fingerprint density at radius 1 is 1.40 bits per heavy atom. The Balaban J connectivity index is 2.51. The van der Waals surface area contributed by atoms with Crippen molar-refractivity contribution in [1.29, 1.82) is 0 Å². The number of alkyl halides is 3. The molecule has 1 rings (SSSR count). The number of rotatable bonds is 7. The van der Waals surface area contributed by atoms with Crippen LogP contribution in [0.25, 0.3) is 0 Å². The molecule has 0 aliphatic carbocycles. The van der Waals surface area contributed by atoms with E-state index in [0.29, 0.717) is 17.4 Å². The predicted octanol–water partition coefficient (Wildman–Crippen LogP) is 1.21. The minimum Gasteiger partial charge on any atom is -0.357 e. The van der Waals surface area contributed by atoms with Crippen LogP contribution in [0.5, 0.6) is 0 Å². The van der Waals surface area contributed by atoms with Crippen molar-refractivity contribution in [3.05, 3.63) is 12.7 Å². The molecule has 9 heteroatoms. The van der Waals surface area contributed by atoms with Crippen LogP contribution in [0.1, 0.15) is 19.8 Å². The summed E-state index contributed by atoms with van der Waals surface area (Å²) in [5.41, 5.74) is 0. The zero-order valence-electron chi connectivity index (χ0n) is 14.9. The van der Waals surface area contributed by atoms with Crippen molar-refractivity contribution >= 4 is 11.9 Å². The van der Waals surface area contributed by atoms with Gasteiger partial charge in [0.05, 0.1) is 0 Å². The third kappa shape index (κ3) is 8.76. The number of hydrogen-bond donors (Lipinski definition) is 2. The lowest BCUT2D eigenvalue weighted by Crippen LogP contribution is -2.49. The first-order valence-corrected chi connectivity index (χ1v) is 8.44. The molecule has 0 aromatic carbocycles. The topological polar surface area (TPSA) is 60.0 Å². The van der Waals surface area contributed by atoms with E-state index in [9.17, 15) is 18.0 Å². The summed E-state index contributed by atoms with van der Waals surface area (Å²) in [5, 5.41) is 6.28. The summed E-state index contributed by atoms with van der Waals surface area (Å²) in [6, 6.07) is 0.224. The lowest BCUT2D eigenvalue weighted by Gasteiger charge is -2.32. The van der Waals surface area contributed by atoms with Crippen LogP contribution in [0.2, 0.25) is 0 Å². The number of piperidine rings is 1. The number of halogens is 3. The first kappa shape index (κ1) is 21.3. The Hall–Kier alpha value is -1.77. The molecule has 1 aliphatic heterocycles. The fourth-order valence-corrected chi connectivity index (χ4v) is 2.58.